The minimum atomic E-state index is -4.74. The second kappa shape index (κ2) is 8.97. The molecule has 1 N–H and O–H groups in total. The van der Waals surface area contributed by atoms with Crippen LogP contribution in [0.15, 0.2) is 54.9 Å². The number of halogens is 3. The van der Waals surface area contributed by atoms with Gasteiger partial charge in [0.05, 0.1) is 30.6 Å². The SMILES string of the molecule is COc1ccc(-c2cncc(OCc3ccc(OC(F)(F)F)cc3)c2)nc1[C@H]1C[C@@H]1C(=O)O. The van der Waals surface area contributed by atoms with Crippen LogP contribution in [-0.4, -0.2) is 34.5 Å². The Hall–Kier alpha value is -3.82. The number of carbonyl (C=O) groups is 1. The zero-order valence-electron chi connectivity index (χ0n) is 17.4. The normalized spacial score (nSPS) is 17.3. The number of aromatic nitrogens is 2. The molecule has 0 unspecified atom stereocenters. The average molecular weight is 460 g/mol. The fourth-order valence-corrected chi connectivity index (χ4v) is 3.42. The number of carboxylic acid groups (broad SMARTS) is 1. The lowest BCUT2D eigenvalue weighted by atomic mass is 10.1. The molecule has 33 heavy (non-hydrogen) atoms. The summed E-state index contributed by atoms with van der Waals surface area (Å²) in [5.74, 6) is -0.860. The summed E-state index contributed by atoms with van der Waals surface area (Å²) in [4.78, 5) is 20.0. The number of methoxy groups -OCH3 is 1. The van der Waals surface area contributed by atoms with Gasteiger partial charge in [-0.15, -0.1) is 13.2 Å². The van der Waals surface area contributed by atoms with Gasteiger partial charge in [-0.25, -0.2) is 4.98 Å². The number of hydrogen-bond donors (Lipinski definition) is 1. The van der Waals surface area contributed by atoms with Gasteiger partial charge >= 0.3 is 12.3 Å². The van der Waals surface area contributed by atoms with E-state index in [2.05, 4.69) is 14.7 Å². The summed E-state index contributed by atoms with van der Waals surface area (Å²) in [5, 5.41) is 9.24. The predicted octanol–water partition coefficient (Wildman–Crippen LogP) is 4.82. The van der Waals surface area contributed by atoms with Crippen LogP contribution in [0.4, 0.5) is 13.2 Å². The van der Waals surface area contributed by atoms with E-state index < -0.39 is 18.2 Å². The number of ether oxygens (including phenoxy) is 3. The molecule has 2 heterocycles. The van der Waals surface area contributed by atoms with Gasteiger partial charge in [0.1, 0.15) is 23.9 Å². The summed E-state index contributed by atoms with van der Waals surface area (Å²) < 4.78 is 51.7. The second-order valence-electron chi connectivity index (χ2n) is 7.46. The zero-order valence-corrected chi connectivity index (χ0v) is 17.4. The molecule has 2 atom stereocenters. The van der Waals surface area contributed by atoms with Crippen LogP contribution in [0.2, 0.25) is 0 Å². The Labute approximate surface area is 186 Å². The van der Waals surface area contributed by atoms with E-state index in [0.29, 0.717) is 40.4 Å². The van der Waals surface area contributed by atoms with Crippen molar-refractivity contribution in [3.8, 4) is 28.5 Å². The first kappa shape index (κ1) is 22.4. The molecule has 3 aromatic rings. The van der Waals surface area contributed by atoms with Gasteiger partial charge in [-0.1, -0.05) is 12.1 Å². The van der Waals surface area contributed by atoms with Crippen molar-refractivity contribution in [1.82, 2.24) is 9.97 Å². The topological polar surface area (TPSA) is 90.8 Å². The van der Waals surface area contributed by atoms with E-state index in [4.69, 9.17) is 9.47 Å². The molecule has 1 aliphatic carbocycles. The van der Waals surface area contributed by atoms with Crippen molar-refractivity contribution in [2.24, 2.45) is 5.92 Å². The summed E-state index contributed by atoms with van der Waals surface area (Å²) in [6, 6.07) is 10.6. The van der Waals surface area contributed by atoms with Crippen molar-refractivity contribution in [2.45, 2.75) is 25.3 Å². The Morgan fingerprint density at radius 2 is 1.88 bits per heavy atom. The summed E-state index contributed by atoms with van der Waals surface area (Å²) >= 11 is 0. The summed E-state index contributed by atoms with van der Waals surface area (Å²) in [7, 11) is 1.51. The lowest BCUT2D eigenvalue weighted by Crippen LogP contribution is -2.17. The van der Waals surface area contributed by atoms with E-state index in [-0.39, 0.29) is 18.3 Å². The predicted molar refractivity (Wildman–Crippen MR) is 110 cm³/mol. The Bertz CT molecular complexity index is 1150. The number of alkyl halides is 3. The third kappa shape index (κ3) is 5.51. The number of pyridine rings is 2. The molecule has 7 nitrogen and oxygen atoms in total. The van der Waals surface area contributed by atoms with Gasteiger partial charge in [0.15, 0.2) is 0 Å². The third-order valence-electron chi connectivity index (χ3n) is 5.14. The Morgan fingerprint density at radius 1 is 1.12 bits per heavy atom. The van der Waals surface area contributed by atoms with E-state index in [1.807, 2.05) is 0 Å². The molecule has 0 amide bonds. The van der Waals surface area contributed by atoms with Gasteiger partial charge in [0, 0.05) is 17.7 Å². The number of nitrogens with zero attached hydrogens (tertiary/aromatic N) is 2. The maximum absolute atomic E-state index is 12.3. The number of aliphatic carboxylic acids is 1. The highest BCUT2D eigenvalue weighted by atomic mass is 19.4. The van der Waals surface area contributed by atoms with Gasteiger partial charge in [0.25, 0.3) is 0 Å². The molecule has 0 radical (unpaired) electrons. The summed E-state index contributed by atoms with van der Waals surface area (Å²) in [6.07, 6.45) is -1.11. The zero-order chi connectivity index (χ0) is 23.6. The highest BCUT2D eigenvalue weighted by Gasteiger charge is 2.46. The maximum atomic E-state index is 12.3. The van der Waals surface area contributed by atoms with E-state index in [1.165, 1.54) is 37.6 Å². The highest BCUT2D eigenvalue weighted by Crippen LogP contribution is 2.50. The molecule has 0 bridgehead atoms. The molecule has 4 rings (SSSR count). The Morgan fingerprint density at radius 3 is 2.52 bits per heavy atom. The molecule has 1 fully saturated rings. The third-order valence-corrected chi connectivity index (χ3v) is 5.14. The molecule has 0 aliphatic heterocycles. The maximum Gasteiger partial charge on any atom is 0.573 e. The van der Waals surface area contributed by atoms with Crippen molar-refractivity contribution in [3.05, 3.63) is 66.1 Å². The largest absolute Gasteiger partial charge is 0.573 e. The van der Waals surface area contributed by atoms with Crippen LogP contribution < -0.4 is 14.2 Å². The molecule has 0 saturated heterocycles. The highest BCUT2D eigenvalue weighted by molar-refractivity contribution is 5.75. The Balaban J connectivity index is 1.46. The molecule has 2 aromatic heterocycles. The van der Waals surface area contributed by atoms with Crippen LogP contribution in [0.1, 0.15) is 23.6 Å². The number of rotatable bonds is 8. The first-order valence-electron chi connectivity index (χ1n) is 9.94. The van der Waals surface area contributed by atoms with Crippen molar-refractivity contribution < 1.29 is 37.3 Å². The quantitative estimate of drug-likeness (QED) is 0.516. The van der Waals surface area contributed by atoms with E-state index in [1.54, 1.807) is 24.4 Å². The van der Waals surface area contributed by atoms with Crippen molar-refractivity contribution in [2.75, 3.05) is 7.11 Å². The Kier molecular flexibility index (Phi) is 6.08. The van der Waals surface area contributed by atoms with Crippen LogP contribution in [-0.2, 0) is 11.4 Å². The molecule has 172 valence electrons. The van der Waals surface area contributed by atoms with Crippen LogP contribution in [0.3, 0.4) is 0 Å². The van der Waals surface area contributed by atoms with Gasteiger partial charge in [-0.2, -0.15) is 0 Å². The van der Waals surface area contributed by atoms with E-state index >= 15 is 0 Å². The summed E-state index contributed by atoms with van der Waals surface area (Å²) in [6.45, 7) is 0.112. The number of carboxylic acids is 1. The van der Waals surface area contributed by atoms with Crippen LogP contribution in [0, 0.1) is 5.92 Å². The lowest BCUT2D eigenvalue weighted by Gasteiger charge is -2.11. The smallest absolute Gasteiger partial charge is 0.495 e. The summed E-state index contributed by atoms with van der Waals surface area (Å²) in [5.41, 5.74) is 2.49. The van der Waals surface area contributed by atoms with E-state index in [0.717, 1.165) is 0 Å². The van der Waals surface area contributed by atoms with Gasteiger partial charge in [-0.05, 0) is 42.3 Å². The number of benzene rings is 1. The van der Waals surface area contributed by atoms with Crippen LogP contribution in [0.5, 0.6) is 17.2 Å². The minimum absolute atomic E-state index is 0.112. The second-order valence-corrected chi connectivity index (χ2v) is 7.46. The van der Waals surface area contributed by atoms with Crippen molar-refractivity contribution in [1.29, 1.82) is 0 Å². The first-order valence-corrected chi connectivity index (χ1v) is 9.94. The molecule has 1 saturated carbocycles. The van der Waals surface area contributed by atoms with E-state index in [9.17, 15) is 23.1 Å². The average Bonchev–Trinajstić information content (AvgIpc) is 3.59. The van der Waals surface area contributed by atoms with Crippen molar-refractivity contribution in [3.63, 3.8) is 0 Å². The minimum Gasteiger partial charge on any atom is -0.495 e. The fourth-order valence-electron chi connectivity index (χ4n) is 3.42. The standard InChI is InChI=1S/C23H19F3N2O5/c1-31-20-7-6-19(28-21(20)17-9-18(17)22(29)30)14-8-16(11-27-10-14)32-12-13-2-4-15(5-3-13)33-23(24,25)26/h2-8,10-11,17-18H,9,12H2,1H3,(H,29,30)/t17-,18-/m0/s1. The molecule has 0 spiro atoms. The number of hydrogen-bond acceptors (Lipinski definition) is 6. The molecule has 1 aromatic carbocycles. The molecule has 10 heteroatoms. The van der Waals surface area contributed by atoms with Crippen LogP contribution in [0.25, 0.3) is 11.3 Å². The van der Waals surface area contributed by atoms with Gasteiger partial charge in [0.2, 0.25) is 0 Å². The van der Waals surface area contributed by atoms with Crippen LogP contribution >= 0.6 is 0 Å². The molecule has 1 aliphatic rings. The lowest BCUT2D eigenvalue weighted by molar-refractivity contribution is -0.274. The fraction of sp³-hybridized carbons (Fsp3) is 0.261. The monoisotopic (exact) mass is 460 g/mol. The molecular formula is C23H19F3N2O5. The van der Waals surface area contributed by atoms with Crippen molar-refractivity contribution >= 4 is 5.97 Å². The van der Waals surface area contributed by atoms with Gasteiger partial charge < -0.3 is 19.3 Å². The first-order chi connectivity index (χ1) is 15.7. The molecular weight excluding hydrogens is 441 g/mol. The van der Waals surface area contributed by atoms with Gasteiger partial charge in [-0.3, -0.25) is 9.78 Å².